The number of benzene rings is 3. The van der Waals surface area contributed by atoms with Crippen LogP contribution in [-0.4, -0.2) is 8.32 Å². The van der Waals surface area contributed by atoms with Crippen molar-refractivity contribution in [3.8, 4) is 28.7 Å². The lowest BCUT2D eigenvalue weighted by Crippen LogP contribution is -2.43. The molecule has 3 aromatic carbocycles. The molecule has 2 heteroatoms. The molecule has 0 amide bonds. The second-order valence-corrected chi connectivity index (χ2v) is 13.3. The van der Waals surface area contributed by atoms with Crippen LogP contribution < -0.4 is 4.43 Å². The van der Waals surface area contributed by atoms with Crippen molar-refractivity contribution in [3.63, 3.8) is 0 Å². The zero-order valence-corrected chi connectivity index (χ0v) is 18.4. The molecule has 3 rings (SSSR count). The molecule has 142 valence electrons. The molecule has 0 bridgehead atoms. The molecule has 0 radical (unpaired) electrons. The molecule has 0 aliphatic heterocycles. The molecule has 0 fully saturated rings. The van der Waals surface area contributed by atoms with E-state index in [1.54, 1.807) is 0 Å². The molecule has 0 atom stereocenters. The van der Waals surface area contributed by atoms with Crippen LogP contribution in [0.3, 0.4) is 0 Å². The topological polar surface area (TPSA) is 9.23 Å². The van der Waals surface area contributed by atoms with Gasteiger partial charge in [0.15, 0.2) is 0 Å². The summed E-state index contributed by atoms with van der Waals surface area (Å²) in [5.74, 6) is 7.57. The minimum absolute atomic E-state index is 0.187. The number of rotatable bonds is 3. The van der Waals surface area contributed by atoms with Crippen molar-refractivity contribution in [2.24, 2.45) is 0 Å². The second kappa shape index (κ2) is 8.08. The number of hydrogen-bond donors (Lipinski definition) is 0. The quantitative estimate of drug-likeness (QED) is 0.344. The molecule has 0 saturated carbocycles. The summed E-state index contributed by atoms with van der Waals surface area (Å²) in [4.78, 5) is 0. The second-order valence-electron chi connectivity index (χ2n) is 8.55. The minimum atomic E-state index is -1.82. The van der Waals surface area contributed by atoms with E-state index in [9.17, 15) is 0 Å². The van der Waals surface area contributed by atoms with Crippen LogP contribution in [0.25, 0.3) is 11.1 Å². The molecule has 0 aliphatic carbocycles. The van der Waals surface area contributed by atoms with Gasteiger partial charge in [-0.2, -0.15) is 0 Å². The largest absolute Gasteiger partial charge is 0.544 e. The molecule has 0 unspecified atom stereocenters. The Morgan fingerprint density at radius 3 is 1.96 bits per heavy atom. The SMILES string of the molecule is CC(C)(C)[Si](C)(C)Oc1ccc(C#Cc2ccccc2-c2ccccc2)cc1. The van der Waals surface area contributed by atoms with Gasteiger partial charge in [0, 0.05) is 11.1 Å². The molecule has 0 N–H and O–H groups in total. The van der Waals surface area contributed by atoms with Gasteiger partial charge < -0.3 is 4.43 Å². The summed E-state index contributed by atoms with van der Waals surface area (Å²) in [5.41, 5.74) is 4.37. The monoisotopic (exact) mass is 384 g/mol. The average Bonchev–Trinajstić information content (AvgIpc) is 2.67. The third kappa shape index (κ3) is 4.74. The molecular weight excluding hydrogens is 356 g/mol. The molecule has 0 aromatic heterocycles. The van der Waals surface area contributed by atoms with E-state index >= 15 is 0 Å². The van der Waals surface area contributed by atoms with Gasteiger partial charge >= 0.3 is 0 Å². The normalized spacial score (nSPS) is 11.5. The van der Waals surface area contributed by atoms with Gasteiger partial charge in [0.1, 0.15) is 5.75 Å². The first-order valence-electron chi connectivity index (χ1n) is 9.72. The molecule has 0 saturated heterocycles. The van der Waals surface area contributed by atoms with Crippen LogP contribution in [0.15, 0.2) is 78.9 Å². The fraction of sp³-hybridized carbons (Fsp3) is 0.231. The fourth-order valence-electron chi connectivity index (χ4n) is 2.66. The van der Waals surface area contributed by atoms with Crippen molar-refractivity contribution >= 4 is 8.32 Å². The Morgan fingerprint density at radius 1 is 0.714 bits per heavy atom. The fourth-order valence-corrected chi connectivity index (χ4v) is 3.69. The van der Waals surface area contributed by atoms with E-state index in [1.165, 1.54) is 5.56 Å². The first-order valence-corrected chi connectivity index (χ1v) is 12.6. The Bertz CT molecular complexity index is 984. The smallest absolute Gasteiger partial charge is 0.250 e. The Balaban J connectivity index is 1.81. The minimum Gasteiger partial charge on any atom is -0.544 e. The molecule has 0 aliphatic rings. The maximum absolute atomic E-state index is 6.35. The van der Waals surface area contributed by atoms with E-state index in [0.717, 1.165) is 22.4 Å². The van der Waals surface area contributed by atoms with Crippen LogP contribution >= 0.6 is 0 Å². The maximum Gasteiger partial charge on any atom is 0.250 e. The molecule has 28 heavy (non-hydrogen) atoms. The van der Waals surface area contributed by atoms with Gasteiger partial charge in [-0.05, 0) is 59.6 Å². The van der Waals surface area contributed by atoms with Gasteiger partial charge in [0.05, 0.1) is 0 Å². The van der Waals surface area contributed by atoms with Gasteiger partial charge in [-0.25, -0.2) is 0 Å². The van der Waals surface area contributed by atoms with Gasteiger partial charge in [-0.3, -0.25) is 0 Å². The highest BCUT2D eigenvalue weighted by molar-refractivity contribution is 6.74. The van der Waals surface area contributed by atoms with Crippen LogP contribution in [0.5, 0.6) is 5.75 Å². The highest BCUT2D eigenvalue weighted by atomic mass is 28.4. The molecule has 0 spiro atoms. The van der Waals surface area contributed by atoms with Crippen molar-refractivity contribution < 1.29 is 4.43 Å². The number of hydrogen-bond acceptors (Lipinski definition) is 1. The standard InChI is InChI=1S/C26H28OSi/c1-26(2,3)28(4,5)27-24-19-16-21(17-20-24)15-18-23-13-9-10-14-25(23)22-11-7-6-8-12-22/h6-14,16-17,19-20H,1-5H3. The van der Waals surface area contributed by atoms with Crippen molar-refractivity contribution in [2.75, 3.05) is 0 Å². The van der Waals surface area contributed by atoms with Crippen LogP contribution in [0, 0.1) is 11.8 Å². The van der Waals surface area contributed by atoms with E-state index in [2.05, 4.69) is 88.2 Å². The predicted octanol–water partition coefficient (Wildman–Crippen LogP) is 7.14. The van der Waals surface area contributed by atoms with Crippen molar-refractivity contribution in [1.29, 1.82) is 0 Å². The van der Waals surface area contributed by atoms with E-state index in [1.807, 2.05) is 36.4 Å². The lowest BCUT2D eigenvalue weighted by Gasteiger charge is -2.36. The summed E-state index contributed by atoms with van der Waals surface area (Å²) < 4.78 is 6.35. The lowest BCUT2D eigenvalue weighted by molar-refractivity contribution is 0.492. The van der Waals surface area contributed by atoms with Gasteiger partial charge in [0.2, 0.25) is 8.32 Å². The predicted molar refractivity (Wildman–Crippen MR) is 122 cm³/mol. The van der Waals surface area contributed by atoms with Crippen LogP contribution in [0.2, 0.25) is 18.1 Å². The Morgan fingerprint density at radius 2 is 1.32 bits per heavy atom. The molecular formula is C26H28OSi. The lowest BCUT2D eigenvalue weighted by atomic mass is 10.00. The summed E-state index contributed by atoms with van der Waals surface area (Å²) >= 11 is 0. The van der Waals surface area contributed by atoms with Crippen LogP contribution in [0.1, 0.15) is 31.9 Å². The van der Waals surface area contributed by atoms with Crippen molar-refractivity contribution in [1.82, 2.24) is 0 Å². The third-order valence-corrected chi connectivity index (χ3v) is 9.75. The Hall–Kier alpha value is -2.76. The highest BCUT2D eigenvalue weighted by Crippen LogP contribution is 2.37. The molecule has 3 aromatic rings. The van der Waals surface area contributed by atoms with Crippen molar-refractivity contribution in [2.45, 2.75) is 38.9 Å². The van der Waals surface area contributed by atoms with Gasteiger partial charge in [-0.1, -0.05) is 81.1 Å². The Kier molecular flexibility index (Phi) is 5.77. The summed E-state index contributed by atoms with van der Waals surface area (Å²) in [7, 11) is -1.82. The van der Waals surface area contributed by atoms with E-state index in [4.69, 9.17) is 4.43 Å². The summed E-state index contributed by atoms with van der Waals surface area (Å²) in [6.45, 7) is 11.3. The summed E-state index contributed by atoms with van der Waals surface area (Å²) in [6, 6.07) is 26.8. The van der Waals surface area contributed by atoms with Gasteiger partial charge in [-0.15, -0.1) is 0 Å². The zero-order chi connectivity index (χ0) is 20.2. The average molecular weight is 385 g/mol. The first kappa shape index (κ1) is 20.0. The molecule has 1 nitrogen and oxygen atoms in total. The van der Waals surface area contributed by atoms with Crippen molar-refractivity contribution in [3.05, 3.63) is 90.0 Å². The summed E-state index contributed by atoms with van der Waals surface area (Å²) in [5, 5.41) is 0.187. The molecule has 0 heterocycles. The van der Waals surface area contributed by atoms with Crippen LogP contribution in [0.4, 0.5) is 0 Å². The van der Waals surface area contributed by atoms with Gasteiger partial charge in [0.25, 0.3) is 0 Å². The van der Waals surface area contributed by atoms with E-state index in [-0.39, 0.29) is 5.04 Å². The third-order valence-electron chi connectivity index (χ3n) is 5.39. The Labute approximate surface area is 170 Å². The highest BCUT2D eigenvalue weighted by Gasteiger charge is 2.38. The van der Waals surface area contributed by atoms with Crippen LogP contribution in [-0.2, 0) is 0 Å². The van der Waals surface area contributed by atoms with E-state index in [0.29, 0.717) is 0 Å². The summed E-state index contributed by atoms with van der Waals surface area (Å²) in [6.07, 6.45) is 0. The maximum atomic E-state index is 6.35. The van der Waals surface area contributed by atoms with E-state index < -0.39 is 8.32 Å². The first-order chi connectivity index (χ1) is 13.3. The zero-order valence-electron chi connectivity index (χ0n) is 17.4.